The third-order valence-electron chi connectivity index (χ3n) is 5.25. The molecule has 0 spiro atoms. The summed E-state index contributed by atoms with van der Waals surface area (Å²) < 4.78 is 2.01. The minimum absolute atomic E-state index is 0.409. The molecule has 2 fully saturated rings. The molecule has 4 heteroatoms. The Morgan fingerprint density at radius 2 is 2.05 bits per heavy atom. The molecule has 2 atom stereocenters. The number of rotatable bonds is 6. The molecule has 1 N–H and O–H groups in total. The van der Waals surface area contributed by atoms with E-state index < -0.39 is 0 Å². The van der Waals surface area contributed by atoms with Crippen LogP contribution in [0.4, 0.5) is 0 Å². The van der Waals surface area contributed by atoms with E-state index in [1.807, 2.05) is 11.7 Å². The van der Waals surface area contributed by atoms with Gasteiger partial charge in [-0.05, 0) is 55.9 Å². The Hall–Kier alpha value is -0.540. The van der Waals surface area contributed by atoms with Crippen molar-refractivity contribution in [2.75, 3.05) is 13.1 Å². The van der Waals surface area contributed by atoms with Crippen LogP contribution < -0.4 is 5.32 Å². The average Bonchev–Trinajstić information content (AvgIpc) is 2.97. The van der Waals surface area contributed by atoms with Crippen molar-refractivity contribution in [1.82, 2.24) is 15.1 Å². The highest BCUT2D eigenvalue weighted by molar-refractivity contribution is 6.31. The minimum Gasteiger partial charge on any atom is -0.316 e. The van der Waals surface area contributed by atoms with Gasteiger partial charge in [-0.3, -0.25) is 4.68 Å². The molecule has 1 heterocycles. The maximum Gasteiger partial charge on any atom is 0.0849 e. The maximum atomic E-state index is 6.55. The molecular formula is C16H26ClN3. The van der Waals surface area contributed by atoms with Gasteiger partial charge in [-0.2, -0.15) is 5.10 Å². The molecule has 0 amide bonds. The van der Waals surface area contributed by atoms with E-state index in [-0.39, 0.29) is 0 Å². The average molecular weight is 296 g/mol. The lowest BCUT2D eigenvalue weighted by Gasteiger charge is -2.31. The van der Waals surface area contributed by atoms with Crippen molar-refractivity contribution in [2.45, 2.75) is 46.0 Å². The molecule has 0 saturated heterocycles. The smallest absolute Gasteiger partial charge is 0.0849 e. The highest BCUT2D eigenvalue weighted by atomic mass is 35.5. The Kier molecular flexibility index (Phi) is 3.85. The summed E-state index contributed by atoms with van der Waals surface area (Å²) in [5.41, 5.74) is 2.69. The molecule has 112 valence electrons. The summed E-state index contributed by atoms with van der Waals surface area (Å²) in [5, 5.41) is 9.06. The number of hydrogen-bond donors (Lipinski definition) is 1. The van der Waals surface area contributed by atoms with Crippen molar-refractivity contribution >= 4 is 11.6 Å². The van der Waals surface area contributed by atoms with Crippen LogP contribution in [0.5, 0.6) is 0 Å². The van der Waals surface area contributed by atoms with Crippen LogP contribution in [0.1, 0.15) is 44.5 Å². The Morgan fingerprint density at radius 1 is 1.35 bits per heavy atom. The molecular weight excluding hydrogens is 270 g/mol. The topological polar surface area (TPSA) is 29.9 Å². The number of halogens is 1. The first-order chi connectivity index (χ1) is 9.58. The van der Waals surface area contributed by atoms with Gasteiger partial charge in [0.15, 0.2) is 0 Å². The quantitative estimate of drug-likeness (QED) is 0.873. The van der Waals surface area contributed by atoms with Crippen LogP contribution in [-0.4, -0.2) is 22.9 Å². The van der Waals surface area contributed by atoms with Gasteiger partial charge in [-0.15, -0.1) is 0 Å². The van der Waals surface area contributed by atoms with Gasteiger partial charge in [-0.25, -0.2) is 0 Å². The normalized spacial score (nSPS) is 31.6. The molecule has 3 rings (SSSR count). The predicted octanol–water partition coefficient (Wildman–Crippen LogP) is 3.20. The summed E-state index contributed by atoms with van der Waals surface area (Å²) in [5.74, 6) is 1.98. The molecule has 0 aliphatic heterocycles. The summed E-state index contributed by atoms with van der Waals surface area (Å²) in [7, 11) is 2.04. The van der Waals surface area contributed by atoms with E-state index in [1.165, 1.54) is 25.0 Å². The molecule has 20 heavy (non-hydrogen) atoms. The van der Waals surface area contributed by atoms with Crippen LogP contribution >= 0.6 is 11.6 Å². The highest BCUT2D eigenvalue weighted by Crippen LogP contribution is 2.60. The van der Waals surface area contributed by atoms with E-state index in [9.17, 15) is 0 Å². The van der Waals surface area contributed by atoms with Crippen molar-refractivity contribution in [3.05, 3.63) is 16.4 Å². The summed E-state index contributed by atoms with van der Waals surface area (Å²) in [4.78, 5) is 0. The lowest BCUT2D eigenvalue weighted by Crippen LogP contribution is -2.35. The Labute approximate surface area is 127 Å². The number of fused-ring (bicyclic) bond motifs is 1. The second-order valence-corrected chi connectivity index (χ2v) is 7.18. The van der Waals surface area contributed by atoms with Gasteiger partial charge < -0.3 is 5.32 Å². The van der Waals surface area contributed by atoms with Crippen molar-refractivity contribution in [3.63, 3.8) is 0 Å². The molecule has 2 aliphatic carbocycles. The fraction of sp³-hybridized carbons (Fsp3) is 0.812. The summed E-state index contributed by atoms with van der Waals surface area (Å²) in [6, 6.07) is 0. The zero-order valence-electron chi connectivity index (χ0n) is 12.9. The molecule has 2 unspecified atom stereocenters. The van der Waals surface area contributed by atoms with Crippen LogP contribution in [-0.2, 0) is 19.9 Å². The molecule has 1 aromatic rings. The molecule has 3 nitrogen and oxygen atoms in total. The SMILES string of the molecule is CCNCC1(Cc2c(Cl)c(CC)nn2C)CC2CC2C1. The number of aromatic nitrogens is 2. The first-order valence-corrected chi connectivity index (χ1v) is 8.37. The zero-order valence-corrected chi connectivity index (χ0v) is 13.6. The first-order valence-electron chi connectivity index (χ1n) is 7.99. The fourth-order valence-electron chi connectivity index (χ4n) is 4.11. The Bertz CT molecular complexity index is 484. The van der Waals surface area contributed by atoms with E-state index >= 15 is 0 Å². The minimum atomic E-state index is 0.409. The predicted molar refractivity (Wildman–Crippen MR) is 83.1 cm³/mol. The van der Waals surface area contributed by atoms with Gasteiger partial charge in [0.2, 0.25) is 0 Å². The number of hydrogen-bond acceptors (Lipinski definition) is 2. The second kappa shape index (κ2) is 5.34. The van der Waals surface area contributed by atoms with E-state index in [4.69, 9.17) is 11.6 Å². The summed E-state index contributed by atoms with van der Waals surface area (Å²) in [6.45, 7) is 6.49. The van der Waals surface area contributed by atoms with E-state index in [1.54, 1.807) is 0 Å². The fourth-order valence-corrected chi connectivity index (χ4v) is 4.47. The van der Waals surface area contributed by atoms with Crippen LogP contribution in [0, 0.1) is 17.3 Å². The van der Waals surface area contributed by atoms with E-state index in [0.29, 0.717) is 5.41 Å². The van der Waals surface area contributed by atoms with Gasteiger partial charge in [-0.1, -0.05) is 25.4 Å². The van der Waals surface area contributed by atoms with Gasteiger partial charge in [0.25, 0.3) is 0 Å². The molecule has 2 aliphatic rings. The van der Waals surface area contributed by atoms with Gasteiger partial charge in [0, 0.05) is 13.6 Å². The zero-order chi connectivity index (χ0) is 14.3. The lowest BCUT2D eigenvalue weighted by molar-refractivity contribution is 0.245. The standard InChI is InChI=1S/C16H26ClN3/c1-4-13-15(17)14(20(3)19-13)9-16(10-18-5-2)7-11-6-12(11)8-16/h11-12,18H,4-10H2,1-3H3. The molecule has 0 radical (unpaired) electrons. The van der Waals surface area contributed by atoms with Crippen molar-refractivity contribution < 1.29 is 0 Å². The van der Waals surface area contributed by atoms with Crippen LogP contribution in [0.3, 0.4) is 0 Å². The van der Waals surface area contributed by atoms with Gasteiger partial charge >= 0.3 is 0 Å². The number of nitrogens with one attached hydrogen (secondary N) is 1. The number of nitrogens with zero attached hydrogens (tertiary/aromatic N) is 2. The van der Waals surface area contributed by atoms with Crippen LogP contribution in [0.2, 0.25) is 5.02 Å². The van der Waals surface area contributed by atoms with E-state index in [0.717, 1.165) is 48.5 Å². The highest BCUT2D eigenvalue weighted by Gasteiger charge is 2.53. The van der Waals surface area contributed by atoms with Crippen LogP contribution in [0.25, 0.3) is 0 Å². The molecule has 0 bridgehead atoms. The molecule has 1 aromatic heterocycles. The maximum absolute atomic E-state index is 6.55. The molecule has 0 aromatic carbocycles. The van der Waals surface area contributed by atoms with E-state index in [2.05, 4.69) is 24.3 Å². The largest absolute Gasteiger partial charge is 0.316 e. The monoisotopic (exact) mass is 295 g/mol. The second-order valence-electron chi connectivity index (χ2n) is 6.81. The Morgan fingerprint density at radius 3 is 2.60 bits per heavy atom. The third-order valence-corrected chi connectivity index (χ3v) is 5.69. The first kappa shape index (κ1) is 14.4. The summed E-state index contributed by atoms with van der Waals surface area (Å²) >= 11 is 6.55. The van der Waals surface area contributed by atoms with Crippen LogP contribution in [0.15, 0.2) is 0 Å². The molecule has 2 saturated carbocycles. The van der Waals surface area contributed by atoms with Gasteiger partial charge in [0.1, 0.15) is 0 Å². The number of aryl methyl sites for hydroxylation is 2. The Balaban J connectivity index is 1.81. The van der Waals surface area contributed by atoms with Crippen molar-refractivity contribution in [2.24, 2.45) is 24.3 Å². The van der Waals surface area contributed by atoms with Crippen molar-refractivity contribution in [1.29, 1.82) is 0 Å². The lowest BCUT2D eigenvalue weighted by atomic mass is 9.78. The van der Waals surface area contributed by atoms with Crippen molar-refractivity contribution in [3.8, 4) is 0 Å². The third kappa shape index (κ3) is 2.50. The van der Waals surface area contributed by atoms with Gasteiger partial charge in [0.05, 0.1) is 16.4 Å². The summed E-state index contributed by atoms with van der Waals surface area (Å²) in [6.07, 6.45) is 6.20.